The van der Waals surface area contributed by atoms with Crippen LogP contribution in [0, 0.1) is 0 Å². The van der Waals surface area contributed by atoms with Gasteiger partial charge in [-0.15, -0.1) is 0 Å². The van der Waals surface area contributed by atoms with Crippen molar-refractivity contribution in [1.82, 2.24) is 0 Å². The zero-order valence-electron chi connectivity index (χ0n) is 10.7. The standard InChI is InChI=1S/C13H16N2O5/c14-9(6-11(16)17)12(18)8-3-1-2-7(4-8)5-10(15)13(19)20/h1-4,9-10H,5-6,14-15H2,(H,16,17)(H,19,20)/t9-,10-/m0/s1. The summed E-state index contributed by atoms with van der Waals surface area (Å²) in [6.07, 6.45) is -0.387. The molecule has 1 aromatic rings. The molecule has 0 spiro atoms. The van der Waals surface area contributed by atoms with Crippen LogP contribution < -0.4 is 11.5 Å². The number of carboxylic acid groups (broad SMARTS) is 2. The molecule has 0 fully saturated rings. The second-order valence-electron chi connectivity index (χ2n) is 4.42. The molecule has 7 nitrogen and oxygen atoms in total. The molecule has 2 atom stereocenters. The highest BCUT2D eigenvalue weighted by atomic mass is 16.4. The molecule has 0 saturated heterocycles. The van der Waals surface area contributed by atoms with E-state index in [1.54, 1.807) is 12.1 Å². The Hall–Kier alpha value is -2.25. The maximum atomic E-state index is 11.9. The van der Waals surface area contributed by atoms with Crippen LogP contribution in [0.3, 0.4) is 0 Å². The maximum Gasteiger partial charge on any atom is 0.320 e. The highest BCUT2D eigenvalue weighted by Crippen LogP contribution is 2.10. The molecule has 0 heterocycles. The minimum absolute atomic E-state index is 0.0740. The van der Waals surface area contributed by atoms with Gasteiger partial charge in [0.15, 0.2) is 5.78 Å². The zero-order valence-corrected chi connectivity index (χ0v) is 10.7. The molecule has 1 aromatic carbocycles. The normalized spacial score (nSPS) is 13.5. The van der Waals surface area contributed by atoms with Crippen molar-refractivity contribution in [3.05, 3.63) is 35.4 Å². The van der Waals surface area contributed by atoms with E-state index >= 15 is 0 Å². The molecular weight excluding hydrogens is 264 g/mol. The monoisotopic (exact) mass is 280 g/mol. The summed E-state index contributed by atoms with van der Waals surface area (Å²) in [5.74, 6) is -2.79. The summed E-state index contributed by atoms with van der Waals surface area (Å²) in [6, 6.07) is 4.00. The Kier molecular flexibility index (Phi) is 5.36. The number of Topliss-reactive ketones (excluding diaryl/α,β-unsaturated/α-hetero) is 1. The van der Waals surface area contributed by atoms with Crippen LogP contribution in [-0.4, -0.2) is 40.0 Å². The Bertz CT molecular complexity index is 529. The molecule has 0 aliphatic carbocycles. The molecular formula is C13H16N2O5. The molecule has 0 aromatic heterocycles. The van der Waals surface area contributed by atoms with Gasteiger partial charge in [0.25, 0.3) is 0 Å². The summed E-state index contributed by atoms with van der Waals surface area (Å²) in [7, 11) is 0. The van der Waals surface area contributed by atoms with E-state index in [-0.39, 0.29) is 12.0 Å². The number of benzene rings is 1. The lowest BCUT2D eigenvalue weighted by Gasteiger charge is -2.10. The summed E-state index contributed by atoms with van der Waals surface area (Å²) in [6.45, 7) is 0. The summed E-state index contributed by atoms with van der Waals surface area (Å²) in [5.41, 5.74) is 11.7. The topological polar surface area (TPSA) is 144 Å². The van der Waals surface area contributed by atoms with Crippen molar-refractivity contribution in [2.75, 3.05) is 0 Å². The molecule has 7 heteroatoms. The molecule has 0 aliphatic rings. The van der Waals surface area contributed by atoms with E-state index in [0.29, 0.717) is 5.56 Å². The number of carbonyl (C=O) groups is 3. The molecule has 20 heavy (non-hydrogen) atoms. The molecule has 6 N–H and O–H groups in total. The molecule has 108 valence electrons. The van der Waals surface area contributed by atoms with Gasteiger partial charge in [-0.25, -0.2) is 0 Å². The molecule has 0 unspecified atom stereocenters. The largest absolute Gasteiger partial charge is 0.481 e. The number of nitrogens with two attached hydrogens (primary N) is 2. The molecule has 0 radical (unpaired) electrons. The third-order valence-electron chi connectivity index (χ3n) is 2.72. The van der Waals surface area contributed by atoms with E-state index in [1.807, 2.05) is 0 Å². The van der Waals surface area contributed by atoms with Crippen molar-refractivity contribution in [2.45, 2.75) is 24.9 Å². The number of ketones is 1. The number of rotatable bonds is 7. The third-order valence-corrected chi connectivity index (χ3v) is 2.72. The predicted octanol–water partition coefficient (Wildman–Crippen LogP) is -0.374. The minimum atomic E-state index is -1.16. The fourth-order valence-electron chi connectivity index (χ4n) is 1.69. The summed E-state index contributed by atoms with van der Waals surface area (Å²) in [4.78, 5) is 33.1. The average Bonchev–Trinajstić information content (AvgIpc) is 2.37. The SMILES string of the molecule is N[C@@H](Cc1cccc(C(=O)[C@@H](N)CC(=O)O)c1)C(=O)O. The van der Waals surface area contributed by atoms with Gasteiger partial charge in [-0.3, -0.25) is 14.4 Å². The van der Waals surface area contributed by atoms with Gasteiger partial charge in [0.05, 0.1) is 12.5 Å². The number of carbonyl (C=O) groups excluding carboxylic acids is 1. The van der Waals surface area contributed by atoms with Gasteiger partial charge in [0.1, 0.15) is 6.04 Å². The van der Waals surface area contributed by atoms with Gasteiger partial charge < -0.3 is 21.7 Å². The van der Waals surface area contributed by atoms with Gasteiger partial charge >= 0.3 is 11.9 Å². The van der Waals surface area contributed by atoms with Gasteiger partial charge in [-0.2, -0.15) is 0 Å². The van der Waals surface area contributed by atoms with E-state index in [9.17, 15) is 14.4 Å². The van der Waals surface area contributed by atoms with Crippen LogP contribution in [0.5, 0.6) is 0 Å². The van der Waals surface area contributed by atoms with Crippen molar-refractivity contribution in [2.24, 2.45) is 11.5 Å². The van der Waals surface area contributed by atoms with Crippen LogP contribution in [0.15, 0.2) is 24.3 Å². The highest BCUT2D eigenvalue weighted by Gasteiger charge is 2.19. The fourth-order valence-corrected chi connectivity index (χ4v) is 1.69. The predicted molar refractivity (Wildman–Crippen MR) is 70.3 cm³/mol. The zero-order chi connectivity index (χ0) is 15.3. The smallest absolute Gasteiger partial charge is 0.320 e. The first kappa shape index (κ1) is 15.8. The summed E-state index contributed by atoms with van der Waals surface area (Å²) >= 11 is 0. The van der Waals surface area contributed by atoms with Crippen LogP contribution in [0.2, 0.25) is 0 Å². The lowest BCUT2D eigenvalue weighted by atomic mass is 9.98. The summed E-state index contributed by atoms with van der Waals surface area (Å²) < 4.78 is 0. The van der Waals surface area contributed by atoms with Gasteiger partial charge in [0.2, 0.25) is 0 Å². The van der Waals surface area contributed by atoms with E-state index in [1.165, 1.54) is 12.1 Å². The van der Waals surface area contributed by atoms with Crippen LogP contribution in [0.4, 0.5) is 0 Å². The van der Waals surface area contributed by atoms with E-state index in [4.69, 9.17) is 21.7 Å². The lowest BCUT2D eigenvalue weighted by molar-refractivity contribution is -0.139. The number of hydrogen-bond donors (Lipinski definition) is 4. The summed E-state index contributed by atoms with van der Waals surface area (Å²) in [5, 5.41) is 17.3. The maximum absolute atomic E-state index is 11.9. The fraction of sp³-hybridized carbons (Fsp3) is 0.308. The van der Waals surface area contributed by atoms with E-state index in [0.717, 1.165) is 0 Å². The van der Waals surface area contributed by atoms with Crippen molar-refractivity contribution >= 4 is 17.7 Å². The van der Waals surface area contributed by atoms with Gasteiger partial charge in [-0.1, -0.05) is 18.2 Å². The molecule has 1 rings (SSSR count). The van der Waals surface area contributed by atoms with Gasteiger partial charge in [0, 0.05) is 5.56 Å². The molecule has 0 bridgehead atoms. The Morgan fingerprint density at radius 1 is 1.10 bits per heavy atom. The lowest BCUT2D eigenvalue weighted by Crippen LogP contribution is -2.33. The van der Waals surface area contributed by atoms with Crippen LogP contribution in [0.1, 0.15) is 22.3 Å². The Morgan fingerprint density at radius 3 is 2.30 bits per heavy atom. The molecule has 0 saturated carbocycles. The van der Waals surface area contributed by atoms with Crippen molar-refractivity contribution in [3.63, 3.8) is 0 Å². The quantitative estimate of drug-likeness (QED) is 0.498. The second kappa shape index (κ2) is 6.78. The third kappa shape index (κ3) is 4.45. The molecule has 0 aliphatic heterocycles. The number of hydrogen-bond acceptors (Lipinski definition) is 5. The van der Waals surface area contributed by atoms with Crippen LogP contribution in [0.25, 0.3) is 0 Å². The Labute approximate surface area is 115 Å². The van der Waals surface area contributed by atoms with Gasteiger partial charge in [-0.05, 0) is 18.1 Å². The first-order chi connectivity index (χ1) is 9.31. The Balaban J connectivity index is 2.84. The number of aliphatic carboxylic acids is 2. The minimum Gasteiger partial charge on any atom is -0.481 e. The van der Waals surface area contributed by atoms with Crippen LogP contribution >= 0.6 is 0 Å². The second-order valence-corrected chi connectivity index (χ2v) is 4.42. The van der Waals surface area contributed by atoms with Crippen molar-refractivity contribution in [3.8, 4) is 0 Å². The van der Waals surface area contributed by atoms with E-state index < -0.39 is 36.2 Å². The van der Waals surface area contributed by atoms with Crippen LogP contribution in [-0.2, 0) is 16.0 Å². The first-order valence-electron chi connectivity index (χ1n) is 5.90. The Morgan fingerprint density at radius 2 is 1.75 bits per heavy atom. The first-order valence-corrected chi connectivity index (χ1v) is 5.90. The number of carboxylic acids is 2. The average molecular weight is 280 g/mol. The highest BCUT2D eigenvalue weighted by molar-refractivity contribution is 6.01. The van der Waals surface area contributed by atoms with Crippen molar-refractivity contribution in [1.29, 1.82) is 0 Å². The molecule has 0 amide bonds. The van der Waals surface area contributed by atoms with E-state index in [2.05, 4.69) is 0 Å². The van der Waals surface area contributed by atoms with Crippen molar-refractivity contribution < 1.29 is 24.6 Å².